The van der Waals surface area contributed by atoms with Gasteiger partial charge in [0.05, 0.1) is 12.5 Å². The quantitative estimate of drug-likeness (QED) is 0.147. The molecular weight excluding hydrogens is 480 g/mol. The van der Waals surface area contributed by atoms with Crippen LogP contribution in [0.25, 0.3) is 0 Å². The van der Waals surface area contributed by atoms with Crippen LogP contribution in [-0.2, 0) is 30.4 Å². The second kappa shape index (κ2) is 14.2. The topological polar surface area (TPSA) is 208 Å². The molecule has 0 saturated carbocycles. The molecule has 0 radical (unpaired) electrons. The normalized spacial score (nSPS) is 14.3. The number of benzene rings is 1. The third-order valence-corrected chi connectivity index (χ3v) is 5.24. The zero-order chi connectivity index (χ0) is 26.7. The van der Waals surface area contributed by atoms with Crippen LogP contribution in [0.2, 0.25) is 0 Å². The average molecular weight is 513 g/mol. The summed E-state index contributed by atoms with van der Waals surface area (Å²) in [6.45, 7) is 3.60. The third kappa shape index (κ3) is 10.6. The Kier molecular flexibility index (Phi) is 12.0. The minimum atomic E-state index is -1.38. The number of hydrogen-bond acceptors (Lipinski definition) is 8. The number of aromatic hydroxyl groups is 1. The fourth-order valence-corrected chi connectivity index (χ4v) is 3.32. The Morgan fingerprint density at radius 1 is 0.886 bits per heavy atom. The van der Waals surface area contributed by atoms with Crippen LogP contribution in [0.4, 0.5) is 0 Å². The highest BCUT2D eigenvalue weighted by Gasteiger charge is 2.31. The first-order chi connectivity index (χ1) is 16.3. The van der Waals surface area contributed by atoms with E-state index in [0.717, 1.165) is 0 Å². The van der Waals surface area contributed by atoms with Gasteiger partial charge in [-0.15, -0.1) is 0 Å². The Morgan fingerprint density at radius 2 is 1.40 bits per heavy atom. The average Bonchev–Trinajstić information content (AvgIpc) is 2.76. The van der Waals surface area contributed by atoms with Gasteiger partial charge >= 0.3 is 11.9 Å². The monoisotopic (exact) mass is 512 g/mol. The number of nitrogens with two attached hydrogens (primary N) is 1. The molecule has 35 heavy (non-hydrogen) atoms. The van der Waals surface area contributed by atoms with E-state index < -0.39 is 60.2 Å². The number of nitrogens with one attached hydrogen (secondary N) is 3. The van der Waals surface area contributed by atoms with Crippen molar-refractivity contribution in [3.63, 3.8) is 0 Å². The van der Waals surface area contributed by atoms with Crippen LogP contribution >= 0.6 is 12.6 Å². The summed E-state index contributed by atoms with van der Waals surface area (Å²) >= 11 is 3.92. The van der Waals surface area contributed by atoms with Crippen LogP contribution in [0.15, 0.2) is 24.3 Å². The zero-order valence-corrected chi connectivity index (χ0v) is 20.3. The molecule has 1 rings (SSSR count). The highest BCUT2D eigenvalue weighted by Crippen LogP contribution is 2.13. The van der Waals surface area contributed by atoms with Crippen LogP contribution in [0.1, 0.15) is 32.3 Å². The zero-order valence-electron chi connectivity index (χ0n) is 19.4. The Hall–Kier alpha value is -3.32. The van der Waals surface area contributed by atoms with Gasteiger partial charge in [0, 0.05) is 12.2 Å². The maximum absolute atomic E-state index is 13.1. The van der Waals surface area contributed by atoms with E-state index in [2.05, 4.69) is 28.6 Å². The lowest BCUT2D eigenvalue weighted by Crippen LogP contribution is -2.58. The van der Waals surface area contributed by atoms with Gasteiger partial charge < -0.3 is 37.0 Å². The third-order valence-electron chi connectivity index (χ3n) is 4.88. The van der Waals surface area contributed by atoms with Gasteiger partial charge in [-0.3, -0.25) is 19.2 Å². The van der Waals surface area contributed by atoms with Crippen LogP contribution < -0.4 is 21.7 Å². The number of carboxylic acids is 2. The van der Waals surface area contributed by atoms with E-state index in [1.807, 2.05) is 0 Å². The van der Waals surface area contributed by atoms with Crippen molar-refractivity contribution in [2.24, 2.45) is 11.7 Å². The van der Waals surface area contributed by atoms with Crippen molar-refractivity contribution >= 4 is 42.3 Å². The molecule has 0 aliphatic heterocycles. The van der Waals surface area contributed by atoms with Gasteiger partial charge in [-0.2, -0.15) is 12.6 Å². The van der Waals surface area contributed by atoms with E-state index in [0.29, 0.717) is 5.56 Å². The highest BCUT2D eigenvalue weighted by molar-refractivity contribution is 7.80. The summed E-state index contributed by atoms with van der Waals surface area (Å²) in [5.74, 6) is -5.19. The minimum absolute atomic E-state index is 0.00258. The van der Waals surface area contributed by atoms with Crippen LogP contribution in [-0.4, -0.2) is 74.9 Å². The van der Waals surface area contributed by atoms with E-state index in [-0.39, 0.29) is 30.3 Å². The molecule has 0 heterocycles. The molecule has 0 spiro atoms. The van der Waals surface area contributed by atoms with Crippen molar-refractivity contribution in [3.05, 3.63) is 29.8 Å². The Balaban J connectivity index is 3.12. The lowest BCUT2D eigenvalue weighted by atomic mass is 10.0. The molecule has 3 amide bonds. The Bertz CT molecular complexity index is 909. The van der Waals surface area contributed by atoms with E-state index in [4.69, 9.17) is 10.8 Å². The highest BCUT2D eigenvalue weighted by atomic mass is 32.1. The largest absolute Gasteiger partial charge is 0.508 e. The van der Waals surface area contributed by atoms with Crippen molar-refractivity contribution in [3.8, 4) is 5.75 Å². The van der Waals surface area contributed by atoms with Crippen molar-refractivity contribution < 1.29 is 39.3 Å². The van der Waals surface area contributed by atoms with Gasteiger partial charge in [0.2, 0.25) is 17.7 Å². The van der Waals surface area contributed by atoms with Gasteiger partial charge in [0.25, 0.3) is 0 Å². The fraction of sp³-hybridized carbons (Fsp3) is 0.500. The Labute approximate surface area is 208 Å². The second-order valence-corrected chi connectivity index (χ2v) is 8.77. The van der Waals surface area contributed by atoms with E-state index in [9.17, 15) is 34.2 Å². The maximum atomic E-state index is 13.1. The van der Waals surface area contributed by atoms with Crippen molar-refractivity contribution in [1.82, 2.24) is 16.0 Å². The van der Waals surface area contributed by atoms with Gasteiger partial charge in [0.15, 0.2) is 0 Å². The van der Waals surface area contributed by atoms with Gasteiger partial charge in [0.1, 0.15) is 23.9 Å². The van der Waals surface area contributed by atoms with E-state index in [1.165, 1.54) is 24.3 Å². The summed E-state index contributed by atoms with van der Waals surface area (Å²) in [4.78, 5) is 60.4. The molecular formula is C22H32N4O8S. The van der Waals surface area contributed by atoms with Crippen LogP contribution in [0, 0.1) is 5.92 Å². The van der Waals surface area contributed by atoms with E-state index >= 15 is 0 Å². The maximum Gasteiger partial charge on any atom is 0.327 e. The summed E-state index contributed by atoms with van der Waals surface area (Å²) in [5, 5.41) is 34.8. The number of carboxylic acid groups (broad SMARTS) is 2. The van der Waals surface area contributed by atoms with Gasteiger partial charge in [-0.25, -0.2) is 4.79 Å². The first kappa shape index (κ1) is 29.7. The predicted molar refractivity (Wildman–Crippen MR) is 129 cm³/mol. The van der Waals surface area contributed by atoms with E-state index in [1.54, 1.807) is 13.8 Å². The van der Waals surface area contributed by atoms with Crippen LogP contribution in [0.5, 0.6) is 5.75 Å². The molecule has 4 unspecified atom stereocenters. The molecule has 1 aromatic rings. The molecule has 8 N–H and O–H groups in total. The standard InChI is InChI=1S/C22H32N4O8S/c1-11(2)7-15(24-19(30)14(23)9-18(28)29)20(31)25-16(8-12-3-5-13(27)6-4-12)21(32)26-17(10-35)22(33)34/h3-6,11,14-17,27,35H,7-10,23H2,1-2H3,(H,24,30)(H,25,31)(H,26,32)(H,28,29)(H,33,34). The number of phenolic OH excluding ortho intramolecular Hbond substituents is 1. The lowest BCUT2D eigenvalue weighted by Gasteiger charge is -2.26. The molecule has 0 bridgehead atoms. The van der Waals surface area contributed by atoms with Crippen LogP contribution in [0.3, 0.4) is 0 Å². The number of hydrogen-bond donors (Lipinski definition) is 8. The summed E-state index contributed by atoms with van der Waals surface area (Å²) in [5.41, 5.74) is 6.15. The predicted octanol–water partition coefficient (Wildman–Crippen LogP) is -0.748. The first-order valence-corrected chi connectivity index (χ1v) is 11.5. The number of phenols is 1. The fourth-order valence-electron chi connectivity index (χ4n) is 3.07. The lowest BCUT2D eigenvalue weighted by molar-refractivity contribution is -0.141. The smallest absolute Gasteiger partial charge is 0.327 e. The van der Waals surface area contributed by atoms with Gasteiger partial charge in [-0.05, 0) is 30.0 Å². The number of rotatable bonds is 14. The minimum Gasteiger partial charge on any atom is -0.508 e. The molecule has 0 aliphatic carbocycles. The number of carbonyl (C=O) groups excluding carboxylic acids is 3. The number of thiol groups is 1. The van der Waals surface area contributed by atoms with Crippen molar-refractivity contribution in [1.29, 1.82) is 0 Å². The van der Waals surface area contributed by atoms with Crippen molar-refractivity contribution in [2.75, 3.05) is 5.75 Å². The molecule has 0 aliphatic rings. The van der Waals surface area contributed by atoms with Gasteiger partial charge in [-0.1, -0.05) is 26.0 Å². The summed E-state index contributed by atoms with van der Waals surface area (Å²) in [6, 6.07) is 0.825. The molecule has 0 fully saturated rings. The molecule has 12 nitrogen and oxygen atoms in total. The Morgan fingerprint density at radius 3 is 1.89 bits per heavy atom. The first-order valence-electron chi connectivity index (χ1n) is 10.8. The second-order valence-electron chi connectivity index (χ2n) is 8.41. The molecule has 1 aromatic carbocycles. The number of carbonyl (C=O) groups is 5. The summed E-state index contributed by atoms with van der Waals surface area (Å²) < 4.78 is 0. The van der Waals surface area contributed by atoms with Crippen molar-refractivity contribution in [2.45, 2.75) is 57.3 Å². The SMILES string of the molecule is CC(C)CC(NC(=O)C(N)CC(=O)O)C(=O)NC(Cc1ccc(O)cc1)C(=O)NC(CS)C(=O)O. The molecule has 0 saturated heterocycles. The number of aliphatic carboxylic acids is 2. The molecule has 13 heteroatoms. The molecule has 0 aromatic heterocycles. The number of amides is 3. The molecule has 194 valence electrons. The molecule has 4 atom stereocenters. The summed E-state index contributed by atoms with van der Waals surface area (Å²) in [7, 11) is 0. The summed E-state index contributed by atoms with van der Waals surface area (Å²) in [6.07, 6.45) is -0.509.